The SMILES string of the molecule is CC(C)[C@@H]1NC(=O)C2(/C=C/c3ccc4ccc(nc4c3)[C@@H](C)OC(O)[C@@H]3CCCN(N3)C(=O)[C@H](C)NC1=O)CCC(C)(O)CC2. The largest absolute Gasteiger partial charge is 0.390 e. The lowest BCUT2D eigenvalue weighted by atomic mass is 9.68. The number of rotatable bonds is 1. The molecule has 11 nitrogen and oxygen atoms in total. The molecule has 1 saturated carbocycles. The van der Waals surface area contributed by atoms with E-state index >= 15 is 0 Å². The average molecular weight is 622 g/mol. The maximum Gasteiger partial charge on any atom is 0.258 e. The summed E-state index contributed by atoms with van der Waals surface area (Å²) in [7, 11) is 0. The Morgan fingerprint density at radius 1 is 1.04 bits per heavy atom. The summed E-state index contributed by atoms with van der Waals surface area (Å²) < 4.78 is 5.99. The first-order valence-corrected chi connectivity index (χ1v) is 16.1. The molecule has 2 aromatic rings. The number of nitrogens with one attached hydrogen (secondary N) is 3. The summed E-state index contributed by atoms with van der Waals surface area (Å²) in [6.45, 7) is 9.33. The quantitative estimate of drug-likeness (QED) is 0.326. The molecule has 5 atom stereocenters. The van der Waals surface area contributed by atoms with Gasteiger partial charge in [-0.25, -0.2) is 5.43 Å². The van der Waals surface area contributed by atoms with Gasteiger partial charge in [-0.2, -0.15) is 0 Å². The summed E-state index contributed by atoms with van der Waals surface area (Å²) in [6.07, 6.45) is 5.01. The second-order valence-corrected chi connectivity index (χ2v) is 13.6. The van der Waals surface area contributed by atoms with Gasteiger partial charge in [-0.3, -0.25) is 24.4 Å². The fourth-order valence-electron chi connectivity index (χ4n) is 6.41. The topological polar surface area (TPSA) is 153 Å². The Morgan fingerprint density at radius 2 is 1.76 bits per heavy atom. The maximum absolute atomic E-state index is 14.1. The van der Waals surface area contributed by atoms with Crippen LogP contribution in [0.1, 0.15) is 90.5 Å². The van der Waals surface area contributed by atoms with Crippen molar-refractivity contribution in [2.24, 2.45) is 11.3 Å². The van der Waals surface area contributed by atoms with Crippen molar-refractivity contribution in [1.29, 1.82) is 0 Å². The summed E-state index contributed by atoms with van der Waals surface area (Å²) in [5.41, 5.74) is 3.53. The van der Waals surface area contributed by atoms with Crippen LogP contribution in [-0.2, 0) is 19.1 Å². The average Bonchev–Trinajstić information content (AvgIpc) is 3.01. The zero-order valence-corrected chi connectivity index (χ0v) is 26.9. The minimum absolute atomic E-state index is 0.252. The molecule has 3 heterocycles. The molecule has 1 unspecified atom stereocenters. The molecule has 1 aliphatic carbocycles. The lowest BCUT2D eigenvalue weighted by Crippen LogP contribution is -2.62. The number of carbonyl (C=O) groups excluding carboxylic acids is 3. The molecule has 1 aromatic heterocycles. The summed E-state index contributed by atoms with van der Waals surface area (Å²) >= 11 is 0. The highest BCUT2D eigenvalue weighted by molar-refractivity contribution is 5.94. The number of aliphatic hydroxyl groups is 2. The van der Waals surface area contributed by atoms with E-state index in [1.807, 2.05) is 63.3 Å². The van der Waals surface area contributed by atoms with Crippen LogP contribution in [0.4, 0.5) is 0 Å². The number of pyridine rings is 1. The normalized spacial score (nSPS) is 34.5. The highest BCUT2D eigenvalue weighted by atomic mass is 16.6. The van der Waals surface area contributed by atoms with Crippen LogP contribution in [0, 0.1) is 11.3 Å². The van der Waals surface area contributed by atoms with Crippen molar-refractivity contribution in [1.82, 2.24) is 26.1 Å². The van der Waals surface area contributed by atoms with Crippen molar-refractivity contribution < 1.29 is 29.3 Å². The molecule has 3 aliphatic rings. The maximum atomic E-state index is 14.1. The van der Waals surface area contributed by atoms with E-state index in [1.54, 1.807) is 13.8 Å². The van der Waals surface area contributed by atoms with Gasteiger partial charge in [0.25, 0.3) is 5.91 Å². The van der Waals surface area contributed by atoms with Gasteiger partial charge in [0.15, 0.2) is 6.29 Å². The molecule has 1 saturated heterocycles. The number of aromatic nitrogens is 1. The van der Waals surface area contributed by atoms with Crippen LogP contribution in [-0.4, -0.2) is 74.5 Å². The van der Waals surface area contributed by atoms with Gasteiger partial charge in [0.1, 0.15) is 12.1 Å². The van der Waals surface area contributed by atoms with Crippen molar-refractivity contribution in [2.45, 2.75) is 109 Å². The number of hydrogen-bond acceptors (Lipinski definition) is 8. The number of carbonyl (C=O) groups is 3. The first-order chi connectivity index (χ1) is 21.3. The Bertz CT molecular complexity index is 1450. The van der Waals surface area contributed by atoms with E-state index in [2.05, 4.69) is 16.1 Å². The van der Waals surface area contributed by atoms with Crippen LogP contribution in [0.15, 0.2) is 36.4 Å². The van der Waals surface area contributed by atoms with E-state index in [9.17, 15) is 24.6 Å². The zero-order chi connectivity index (χ0) is 32.5. The van der Waals surface area contributed by atoms with Crippen LogP contribution in [0.3, 0.4) is 0 Å². The number of amides is 3. The summed E-state index contributed by atoms with van der Waals surface area (Å²) in [5, 5.41) is 29.9. The first-order valence-electron chi connectivity index (χ1n) is 16.1. The van der Waals surface area contributed by atoms with E-state index in [1.165, 1.54) is 5.01 Å². The summed E-state index contributed by atoms with van der Waals surface area (Å²) in [5.74, 6) is -1.34. The Labute approximate surface area is 264 Å². The molecule has 5 rings (SSSR count). The highest BCUT2D eigenvalue weighted by Crippen LogP contribution is 2.43. The van der Waals surface area contributed by atoms with Crippen LogP contribution in [0.25, 0.3) is 17.0 Å². The van der Waals surface area contributed by atoms with Gasteiger partial charge in [-0.15, -0.1) is 0 Å². The molecule has 3 amide bonds. The summed E-state index contributed by atoms with van der Waals surface area (Å²) in [4.78, 5) is 45.9. The van der Waals surface area contributed by atoms with E-state index in [4.69, 9.17) is 9.72 Å². The molecular formula is C34H47N5O6. The second-order valence-electron chi connectivity index (χ2n) is 13.6. The standard InChI is InChI=1S/C34H47N5O6/c1-20(2)28-29(40)35-21(3)30(41)39-18-6-7-26(38-39)31(42)45-22(4)25-11-10-24-9-8-23(19-27(24)36-25)12-13-34(32(43)37-28)16-14-33(5,44)15-17-34/h8-13,19-22,26,28,31,38,42,44H,6-7,14-18H2,1-5H3,(H,35,40)(H,37,43)/b13-12+/t21-,22+,26-,28-,31?,33?,34?/m0/s1. The first kappa shape index (κ1) is 33.0. The highest BCUT2D eigenvalue weighted by Gasteiger charge is 2.44. The fourth-order valence-corrected chi connectivity index (χ4v) is 6.41. The third-order valence-corrected chi connectivity index (χ3v) is 9.56. The van der Waals surface area contributed by atoms with E-state index < -0.39 is 47.4 Å². The minimum Gasteiger partial charge on any atom is -0.390 e. The van der Waals surface area contributed by atoms with Crippen LogP contribution in [0.5, 0.6) is 0 Å². The van der Waals surface area contributed by atoms with Gasteiger partial charge in [-0.05, 0) is 82.9 Å². The molecule has 1 aromatic carbocycles. The van der Waals surface area contributed by atoms with E-state index in [0.29, 0.717) is 50.8 Å². The molecule has 5 bridgehead atoms. The number of ether oxygens (including phenoxy) is 1. The summed E-state index contributed by atoms with van der Waals surface area (Å²) in [6, 6.07) is 7.42. The fraction of sp³-hybridized carbons (Fsp3) is 0.588. The van der Waals surface area contributed by atoms with E-state index in [-0.39, 0.29) is 17.7 Å². The molecule has 2 fully saturated rings. The number of hydrazine groups is 1. The number of benzene rings is 1. The monoisotopic (exact) mass is 621 g/mol. The van der Waals surface area contributed by atoms with Crippen molar-refractivity contribution in [3.8, 4) is 0 Å². The van der Waals surface area contributed by atoms with Crippen LogP contribution in [0.2, 0.25) is 0 Å². The van der Waals surface area contributed by atoms with E-state index in [0.717, 1.165) is 16.5 Å². The molecule has 5 N–H and O–H groups in total. The lowest BCUT2D eigenvalue weighted by Gasteiger charge is -2.41. The van der Waals surface area contributed by atoms with Gasteiger partial charge < -0.3 is 25.6 Å². The predicted octanol–water partition coefficient (Wildman–Crippen LogP) is 3.11. The van der Waals surface area contributed by atoms with Crippen molar-refractivity contribution in [2.75, 3.05) is 6.54 Å². The molecule has 244 valence electrons. The molecule has 0 radical (unpaired) electrons. The number of nitrogens with zero attached hydrogens (tertiary/aromatic N) is 2. The molecule has 1 spiro atoms. The van der Waals surface area contributed by atoms with Crippen molar-refractivity contribution in [3.05, 3.63) is 47.7 Å². The lowest BCUT2D eigenvalue weighted by molar-refractivity contribution is -0.172. The Hall–Kier alpha value is -3.38. The third kappa shape index (κ3) is 7.38. The third-order valence-electron chi connectivity index (χ3n) is 9.56. The smallest absolute Gasteiger partial charge is 0.258 e. The Kier molecular flexibility index (Phi) is 9.65. The minimum atomic E-state index is -1.20. The second kappa shape index (κ2) is 13.2. The number of aliphatic hydroxyl groups excluding tert-OH is 1. The predicted molar refractivity (Wildman–Crippen MR) is 170 cm³/mol. The Balaban J connectivity index is 1.53. The molecular weight excluding hydrogens is 574 g/mol. The number of hydrogen-bond donors (Lipinski definition) is 5. The van der Waals surface area contributed by atoms with Crippen LogP contribution >= 0.6 is 0 Å². The van der Waals surface area contributed by atoms with Gasteiger partial charge in [0.2, 0.25) is 11.8 Å². The van der Waals surface area contributed by atoms with Gasteiger partial charge >= 0.3 is 0 Å². The zero-order valence-electron chi connectivity index (χ0n) is 26.9. The molecule has 11 heteroatoms. The van der Waals surface area contributed by atoms with Gasteiger partial charge in [0.05, 0.1) is 34.4 Å². The molecule has 45 heavy (non-hydrogen) atoms. The van der Waals surface area contributed by atoms with Gasteiger partial charge in [-0.1, -0.05) is 44.2 Å². The molecule has 2 aliphatic heterocycles. The number of fused-ring (bicyclic) bond motifs is 4. The van der Waals surface area contributed by atoms with Crippen molar-refractivity contribution >= 4 is 34.7 Å². The van der Waals surface area contributed by atoms with Crippen molar-refractivity contribution in [3.63, 3.8) is 0 Å². The van der Waals surface area contributed by atoms with Crippen LogP contribution < -0.4 is 16.1 Å². The Morgan fingerprint density at radius 3 is 2.47 bits per heavy atom. The van der Waals surface area contributed by atoms with Gasteiger partial charge in [0, 0.05) is 11.9 Å².